The van der Waals surface area contributed by atoms with Gasteiger partial charge in [0.25, 0.3) is 0 Å². The SMILES string of the molecule is CCCCCc1ccc2ccc3[nH]ncc3c2[nH+]1. The summed E-state index contributed by atoms with van der Waals surface area (Å²) in [5, 5.41) is 9.54. The van der Waals surface area contributed by atoms with Gasteiger partial charge in [0.15, 0.2) is 5.69 Å². The van der Waals surface area contributed by atoms with Gasteiger partial charge < -0.3 is 0 Å². The average molecular weight is 240 g/mol. The van der Waals surface area contributed by atoms with Crippen molar-refractivity contribution in [1.29, 1.82) is 0 Å². The Labute approximate surface area is 106 Å². The van der Waals surface area contributed by atoms with Crippen molar-refractivity contribution in [3.05, 3.63) is 36.2 Å². The number of nitrogens with zero attached hydrogens (tertiary/aromatic N) is 1. The number of pyridine rings is 1. The van der Waals surface area contributed by atoms with E-state index in [0.717, 1.165) is 11.9 Å². The average Bonchev–Trinajstić information content (AvgIpc) is 2.87. The molecule has 3 aromatic rings. The third-order valence-electron chi connectivity index (χ3n) is 3.46. The molecule has 1 aromatic carbocycles. The minimum atomic E-state index is 1.09. The lowest BCUT2D eigenvalue weighted by molar-refractivity contribution is -0.356. The first-order valence-corrected chi connectivity index (χ1v) is 6.65. The van der Waals surface area contributed by atoms with Gasteiger partial charge in [0.2, 0.25) is 5.52 Å². The largest absolute Gasteiger partial charge is 0.278 e. The van der Waals surface area contributed by atoms with Gasteiger partial charge in [-0.3, -0.25) is 5.10 Å². The molecule has 0 aliphatic rings. The summed E-state index contributed by atoms with van der Waals surface area (Å²) in [5.41, 5.74) is 3.59. The second kappa shape index (κ2) is 4.77. The zero-order chi connectivity index (χ0) is 12.4. The van der Waals surface area contributed by atoms with E-state index in [4.69, 9.17) is 0 Å². The number of aryl methyl sites for hydroxylation is 1. The van der Waals surface area contributed by atoms with E-state index in [1.54, 1.807) is 0 Å². The van der Waals surface area contributed by atoms with Crippen LogP contribution < -0.4 is 4.98 Å². The van der Waals surface area contributed by atoms with Crippen LogP contribution in [0.25, 0.3) is 21.8 Å². The van der Waals surface area contributed by atoms with E-state index in [1.165, 1.54) is 41.2 Å². The summed E-state index contributed by atoms with van der Waals surface area (Å²) in [6, 6.07) is 8.60. The Morgan fingerprint density at radius 1 is 1.17 bits per heavy atom. The summed E-state index contributed by atoms with van der Waals surface area (Å²) in [6.45, 7) is 2.24. The summed E-state index contributed by atoms with van der Waals surface area (Å²) in [7, 11) is 0. The zero-order valence-electron chi connectivity index (χ0n) is 10.7. The molecular weight excluding hydrogens is 222 g/mol. The van der Waals surface area contributed by atoms with Crippen molar-refractivity contribution in [1.82, 2.24) is 10.2 Å². The maximum atomic E-state index is 4.11. The number of fused-ring (bicyclic) bond motifs is 3. The normalized spacial score (nSPS) is 11.4. The number of aromatic amines is 2. The van der Waals surface area contributed by atoms with Crippen molar-refractivity contribution < 1.29 is 4.98 Å². The van der Waals surface area contributed by atoms with Crippen molar-refractivity contribution in [2.24, 2.45) is 0 Å². The standard InChI is InChI=1S/C15H17N3/c1-2-3-4-5-12-8-6-11-7-9-14-13(10-16-18-14)15(11)17-12/h6-10H,2-5H2,1H3,(H,16,18)/p+1. The van der Waals surface area contributed by atoms with Gasteiger partial charge >= 0.3 is 0 Å². The van der Waals surface area contributed by atoms with Gasteiger partial charge in [0, 0.05) is 17.9 Å². The third kappa shape index (κ3) is 1.96. The number of H-pyrrole nitrogens is 2. The fourth-order valence-corrected chi connectivity index (χ4v) is 2.42. The fourth-order valence-electron chi connectivity index (χ4n) is 2.42. The monoisotopic (exact) mass is 240 g/mol. The zero-order valence-corrected chi connectivity index (χ0v) is 10.7. The Hall–Kier alpha value is -1.90. The van der Waals surface area contributed by atoms with Gasteiger partial charge in [0.05, 0.1) is 17.1 Å². The van der Waals surface area contributed by atoms with Crippen molar-refractivity contribution in [2.45, 2.75) is 32.6 Å². The van der Waals surface area contributed by atoms with Crippen LogP contribution in [0.1, 0.15) is 31.9 Å². The van der Waals surface area contributed by atoms with Crippen LogP contribution >= 0.6 is 0 Å². The molecule has 3 rings (SSSR count). The number of aromatic nitrogens is 3. The molecule has 2 aromatic heterocycles. The lowest BCUT2D eigenvalue weighted by Gasteiger charge is -1.98. The minimum Gasteiger partial charge on any atom is -0.278 e. The van der Waals surface area contributed by atoms with Crippen molar-refractivity contribution in [2.75, 3.05) is 0 Å². The number of benzene rings is 1. The summed E-state index contributed by atoms with van der Waals surface area (Å²) < 4.78 is 0. The smallest absolute Gasteiger partial charge is 0.222 e. The molecule has 18 heavy (non-hydrogen) atoms. The molecule has 3 nitrogen and oxygen atoms in total. The maximum Gasteiger partial charge on any atom is 0.222 e. The van der Waals surface area contributed by atoms with Crippen LogP contribution in [0.3, 0.4) is 0 Å². The molecule has 3 heteroatoms. The highest BCUT2D eigenvalue weighted by atomic mass is 15.1. The maximum absolute atomic E-state index is 4.11. The molecule has 0 atom stereocenters. The van der Waals surface area contributed by atoms with E-state index in [1.807, 2.05) is 6.20 Å². The molecule has 0 aliphatic heterocycles. The quantitative estimate of drug-likeness (QED) is 0.699. The van der Waals surface area contributed by atoms with Crippen LogP contribution in [0, 0.1) is 0 Å². The Kier molecular flexibility index (Phi) is 2.97. The van der Waals surface area contributed by atoms with Crippen molar-refractivity contribution in [3.63, 3.8) is 0 Å². The second-order valence-electron chi connectivity index (χ2n) is 4.80. The summed E-state index contributed by atoms with van der Waals surface area (Å²) >= 11 is 0. The highest BCUT2D eigenvalue weighted by Gasteiger charge is 2.10. The van der Waals surface area contributed by atoms with Crippen LogP contribution in [-0.2, 0) is 6.42 Å². The number of rotatable bonds is 4. The second-order valence-corrected chi connectivity index (χ2v) is 4.80. The molecule has 2 heterocycles. The number of nitrogens with one attached hydrogen (secondary N) is 2. The molecule has 92 valence electrons. The molecule has 0 amide bonds. The van der Waals surface area contributed by atoms with E-state index in [2.05, 4.69) is 46.4 Å². The predicted molar refractivity (Wildman–Crippen MR) is 73.4 cm³/mol. The molecular formula is C15H18N3+. The Morgan fingerprint density at radius 3 is 2.94 bits per heavy atom. The Balaban J connectivity index is 2.03. The molecule has 0 saturated carbocycles. The van der Waals surface area contributed by atoms with Crippen molar-refractivity contribution in [3.8, 4) is 0 Å². The summed E-state index contributed by atoms with van der Waals surface area (Å²) in [5.74, 6) is 0. The predicted octanol–water partition coefficient (Wildman–Crippen LogP) is 3.26. The Bertz CT molecular complexity index is 670. The third-order valence-corrected chi connectivity index (χ3v) is 3.46. The molecule has 0 spiro atoms. The molecule has 0 fully saturated rings. The molecule has 0 aliphatic carbocycles. The molecule has 2 N–H and O–H groups in total. The highest BCUT2D eigenvalue weighted by molar-refractivity contribution is 6.01. The van der Waals surface area contributed by atoms with Crippen LogP contribution in [0.4, 0.5) is 0 Å². The van der Waals surface area contributed by atoms with Crippen LogP contribution in [-0.4, -0.2) is 10.2 Å². The van der Waals surface area contributed by atoms with Gasteiger partial charge in [0.1, 0.15) is 0 Å². The van der Waals surface area contributed by atoms with E-state index < -0.39 is 0 Å². The topological polar surface area (TPSA) is 42.8 Å². The van der Waals surface area contributed by atoms with Crippen LogP contribution in [0.2, 0.25) is 0 Å². The number of unbranched alkanes of at least 4 members (excludes halogenated alkanes) is 2. The lowest BCUT2D eigenvalue weighted by Crippen LogP contribution is -2.12. The van der Waals surface area contributed by atoms with E-state index in [9.17, 15) is 0 Å². The van der Waals surface area contributed by atoms with Crippen LogP contribution in [0.5, 0.6) is 0 Å². The first-order chi connectivity index (χ1) is 8.88. The molecule has 0 radical (unpaired) electrons. The van der Waals surface area contributed by atoms with Gasteiger partial charge in [-0.1, -0.05) is 19.8 Å². The van der Waals surface area contributed by atoms with Crippen molar-refractivity contribution >= 4 is 21.8 Å². The van der Waals surface area contributed by atoms with Gasteiger partial charge in [-0.15, -0.1) is 0 Å². The fraction of sp³-hybridized carbons (Fsp3) is 0.333. The minimum absolute atomic E-state index is 1.09. The molecule has 0 saturated heterocycles. The number of hydrogen-bond acceptors (Lipinski definition) is 1. The first-order valence-electron chi connectivity index (χ1n) is 6.65. The van der Waals surface area contributed by atoms with E-state index in [-0.39, 0.29) is 0 Å². The summed E-state index contributed by atoms with van der Waals surface area (Å²) in [6.07, 6.45) is 6.82. The first kappa shape index (κ1) is 11.2. The molecule has 0 unspecified atom stereocenters. The van der Waals surface area contributed by atoms with Gasteiger partial charge in [-0.25, -0.2) is 4.98 Å². The molecule has 0 bridgehead atoms. The van der Waals surface area contributed by atoms with Crippen LogP contribution in [0.15, 0.2) is 30.5 Å². The Morgan fingerprint density at radius 2 is 2.06 bits per heavy atom. The van der Waals surface area contributed by atoms with Gasteiger partial charge in [-0.05, 0) is 24.6 Å². The number of hydrogen-bond donors (Lipinski definition) is 1. The highest BCUT2D eigenvalue weighted by Crippen LogP contribution is 2.20. The van der Waals surface area contributed by atoms with E-state index in [0.29, 0.717) is 0 Å². The van der Waals surface area contributed by atoms with E-state index >= 15 is 0 Å². The summed E-state index contributed by atoms with van der Waals surface area (Å²) in [4.78, 5) is 3.55. The lowest BCUT2D eigenvalue weighted by atomic mass is 10.1. The van der Waals surface area contributed by atoms with Gasteiger partial charge in [-0.2, -0.15) is 5.10 Å².